The van der Waals surface area contributed by atoms with Gasteiger partial charge in [-0.15, -0.1) is 0 Å². The van der Waals surface area contributed by atoms with Crippen LogP contribution in [0.4, 0.5) is 18.9 Å². The van der Waals surface area contributed by atoms with E-state index in [2.05, 4.69) is 0 Å². The van der Waals surface area contributed by atoms with Crippen LogP contribution in [0.5, 0.6) is 5.75 Å². The Hall–Kier alpha value is -1.72. The molecule has 1 fully saturated rings. The number of hydrogen-bond acceptors (Lipinski definition) is 2. The Labute approximate surface area is 146 Å². The number of alkyl halides is 3. The van der Waals surface area contributed by atoms with E-state index in [1.165, 1.54) is 0 Å². The Morgan fingerprint density at radius 3 is 2.68 bits per heavy atom. The highest BCUT2D eigenvalue weighted by Gasteiger charge is 2.44. The summed E-state index contributed by atoms with van der Waals surface area (Å²) in [4.78, 5) is 14.7. The van der Waals surface area contributed by atoms with Gasteiger partial charge in [0.15, 0.2) is 0 Å². The second-order valence-corrected chi connectivity index (χ2v) is 7.11. The average Bonchev–Trinajstić information content (AvgIpc) is 2.60. The van der Waals surface area contributed by atoms with Crippen molar-refractivity contribution in [1.82, 2.24) is 0 Å². The van der Waals surface area contributed by atoms with Gasteiger partial charge in [0.2, 0.25) is 5.91 Å². The van der Waals surface area contributed by atoms with Crippen molar-refractivity contribution < 1.29 is 22.7 Å². The summed E-state index contributed by atoms with van der Waals surface area (Å²) >= 11 is 0. The number of carbonyl (C=O) groups excluding carboxylic acids is 1. The quantitative estimate of drug-likeness (QED) is 0.773. The van der Waals surface area contributed by atoms with Crippen molar-refractivity contribution in [2.75, 3.05) is 18.6 Å². The van der Waals surface area contributed by atoms with E-state index >= 15 is 0 Å². The van der Waals surface area contributed by atoms with Crippen LogP contribution < -0.4 is 9.64 Å². The number of methoxy groups -OCH3 is 1. The molecular weight excluding hydrogens is 331 g/mol. The molecule has 2 aliphatic rings. The fraction of sp³-hybridized carbons (Fsp3) is 0.632. The molecule has 3 nitrogen and oxygen atoms in total. The molecule has 6 heteroatoms. The third-order valence-electron chi connectivity index (χ3n) is 5.53. The first-order valence-corrected chi connectivity index (χ1v) is 8.87. The zero-order valence-corrected chi connectivity index (χ0v) is 14.7. The van der Waals surface area contributed by atoms with Crippen molar-refractivity contribution in [1.29, 1.82) is 0 Å². The number of carbonyl (C=O) groups is 1. The highest BCUT2D eigenvalue weighted by molar-refractivity contribution is 5.98. The van der Waals surface area contributed by atoms with Crippen LogP contribution in [-0.2, 0) is 11.2 Å². The molecule has 1 heterocycles. The summed E-state index contributed by atoms with van der Waals surface area (Å²) in [5.74, 6) is -1.48. The number of aryl methyl sites for hydroxylation is 1. The molecule has 1 aromatic carbocycles. The number of benzene rings is 1. The highest BCUT2D eigenvalue weighted by Crippen LogP contribution is 2.43. The van der Waals surface area contributed by atoms with Crippen molar-refractivity contribution >= 4 is 11.6 Å². The van der Waals surface area contributed by atoms with Crippen molar-refractivity contribution in [3.8, 4) is 5.75 Å². The van der Waals surface area contributed by atoms with Crippen LogP contribution in [-0.4, -0.2) is 25.7 Å². The predicted octanol–water partition coefficient (Wildman–Crippen LogP) is 4.65. The average molecular weight is 355 g/mol. The number of fused-ring (bicyclic) bond motifs is 1. The Morgan fingerprint density at radius 2 is 2.00 bits per heavy atom. The number of ether oxygens (including phenoxy) is 1. The second-order valence-electron chi connectivity index (χ2n) is 7.11. The van der Waals surface area contributed by atoms with Crippen molar-refractivity contribution in [3.63, 3.8) is 0 Å². The van der Waals surface area contributed by atoms with E-state index < -0.39 is 18.0 Å². The number of hydrogen-bond donors (Lipinski definition) is 0. The summed E-state index contributed by atoms with van der Waals surface area (Å²) in [6.07, 6.45) is -1.51. The monoisotopic (exact) mass is 355 g/mol. The van der Waals surface area contributed by atoms with E-state index in [0.29, 0.717) is 25.1 Å². The lowest BCUT2D eigenvalue weighted by Gasteiger charge is -2.37. The van der Waals surface area contributed by atoms with Gasteiger partial charge >= 0.3 is 6.18 Å². The van der Waals surface area contributed by atoms with Gasteiger partial charge in [-0.2, -0.15) is 13.2 Å². The smallest absolute Gasteiger partial charge is 0.391 e. The minimum atomic E-state index is -4.22. The molecule has 1 aliphatic heterocycles. The first kappa shape index (κ1) is 18.1. The molecule has 1 amide bonds. The Morgan fingerprint density at radius 1 is 1.24 bits per heavy atom. The standard InChI is InChI=1S/C19H24F3NO2/c1-12-8-9-16(25-2)17-15(12)7-4-10-23(17)18(24)13-5-3-6-14(11-13)19(20,21)22/h8-9,13-14H,3-7,10-11H2,1-2H3. The summed E-state index contributed by atoms with van der Waals surface area (Å²) in [5, 5.41) is 0. The summed E-state index contributed by atoms with van der Waals surface area (Å²) in [5.41, 5.74) is 2.92. The van der Waals surface area contributed by atoms with Gasteiger partial charge in [0.1, 0.15) is 5.75 Å². The number of nitrogens with zero attached hydrogens (tertiary/aromatic N) is 1. The van der Waals surface area contributed by atoms with Crippen LogP contribution in [0.1, 0.15) is 43.2 Å². The number of anilines is 1. The number of halogens is 3. The zero-order valence-electron chi connectivity index (χ0n) is 14.7. The summed E-state index contributed by atoms with van der Waals surface area (Å²) in [6, 6.07) is 3.80. The van der Waals surface area contributed by atoms with Gasteiger partial charge in [-0.1, -0.05) is 12.5 Å². The van der Waals surface area contributed by atoms with Crippen LogP contribution in [0.2, 0.25) is 0 Å². The van der Waals surface area contributed by atoms with Crippen LogP contribution in [0.3, 0.4) is 0 Å². The molecule has 1 aliphatic carbocycles. The summed E-state index contributed by atoms with van der Waals surface area (Å²) in [6.45, 7) is 2.53. The molecule has 0 aromatic heterocycles. The van der Waals surface area contributed by atoms with Gasteiger partial charge in [-0.3, -0.25) is 4.79 Å². The fourth-order valence-electron chi connectivity index (χ4n) is 4.17. The topological polar surface area (TPSA) is 29.5 Å². The third-order valence-corrected chi connectivity index (χ3v) is 5.53. The highest BCUT2D eigenvalue weighted by atomic mass is 19.4. The molecule has 0 N–H and O–H groups in total. The predicted molar refractivity (Wildman–Crippen MR) is 89.9 cm³/mol. The first-order valence-electron chi connectivity index (χ1n) is 8.87. The maximum atomic E-state index is 13.1. The van der Waals surface area contributed by atoms with Crippen molar-refractivity contribution in [2.24, 2.45) is 11.8 Å². The normalized spacial score (nSPS) is 24.0. The van der Waals surface area contributed by atoms with E-state index in [9.17, 15) is 18.0 Å². The Kier molecular flexibility index (Phi) is 4.98. The lowest BCUT2D eigenvalue weighted by Crippen LogP contribution is -2.43. The maximum absolute atomic E-state index is 13.1. The number of amides is 1. The zero-order chi connectivity index (χ0) is 18.2. The van der Waals surface area contributed by atoms with E-state index in [-0.39, 0.29) is 18.7 Å². The van der Waals surface area contributed by atoms with E-state index in [1.54, 1.807) is 12.0 Å². The fourth-order valence-corrected chi connectivity index (χ4v) is 4.17. The molecule has 0 spiro atoms. The molecule has 1 saturated carbocycles. The molecule has 1 aromatic rings. The van der Waals surface area contributed by atoms with Crippen LogP contribution in [0.15, 0.2) is 12.1 Å². The van der Waals surface area contributed by atoms with Gasteiger partial charge in [-0.05, 0) is 56.2 Å². The van der Waals surface area contributed by atoms with Gasteiger partial charge in [-0.25, -0.2) is 0 Å². The van der Waals surface area contributed by atoms with Crippen LogP contribution >= 0.6 is 0 Å². The SMILES string of the molecule is COc1ccc(C)c2c1N(C(=O)C1CCCC(C(F)(F)F)C1)CCC2. The molecule has 0 bridgehead atoms. The molecule has 2 atom stereocenters. The molecule has 2 unspecified atom stereocenters. The van der Waals surface area contributed by atoms with E-state index in [4.69, 9.17) is 4.74 Å². The third kappa shape index (κ3) is 3.48. The lowest BCUT2D eigenvalue weighted by molar-refractivity contribution is -0.186. The van der Waals surface area contributed by atoms with E-state index in [1.807, 2.05) is 19.1 Å². The molecule has 25 heavy (non-hydrogen) atoms. The lowest BCUT2D eigenvalue weighted by atomic mass is 9.80. The molecular formula is C19H24F3NO2. The molecule has 0 radical (unpaired) electrons. The second kappa shape index (κ2) is 6.89. The summed E-state index contributed by atoms with van der Waals surface area (Å²) < 4.78 is 44.7. The van der Waals surface area contributed by atoms with Gasteiger partial charge in [0, 0.05) is 12.5 Å². The van der Waals surface area contributed by atoms with Gasteiger partial charge in [0.25, 0.3) is 0 Å². The maximum Gasteiger partial charge on any atom is 0.391 e. The van der Waals surface area contributed by atoms with Gasteiger partial charge < -0.3 is 9.64 Å². The Bertz CT molecular complexity index is 657. The van der Waals surface area contributed by atoms with E-state index in [0.717, 1.165) is 29.7 Å². The largest absolute Gasteiger partial charge is 0.495 e. The summed E-state index contributed by atoms with van der Waals surface area (Å²) in [7, 11) is 1.56. The first-order chi connectivity index (χ1) is 11.8. The molecule has 3 rings (SSSR count). The molecule has 138 valence electrons. The van der Waals surface area contributed by atoms with Crippen LogP contribution in [0, 0.1) is 18.8 Å². The van der Waals surface area contributed by atoms with Gasteiger partial charge in [0.05, 0.1) is 18.7 Å². The number of rotatable bonds is 2. The molecule has 0 saturated heterocycles. The Balaban J connectivity index is 1.88. The van der Waals surface area contributed by atoms with Crippen molar-refractivity contribution in [3.05, 3.63) is 23.3 Å². The minimum absolute atomic E-state index is 0.0949. The van der Waals surface area contributed by atoms with Crippen molar-refractivity contribution in [2.45, 2.75) is 51.6 Å². The van der Waals surface area contributed by atoms with Crippen LogP contribution in [0.25, 0.3) is 0 Å². The minimum Gasteiger partial charge on any atom is -0.495 e.